The fourth-order valence-electron chi connectivity index (χ4n) is 1.94. The Hall–Kier alpha value is -1.75. The van der Waals surface area contributed by atoms with E-state index in [4.69, 9.17) is 0 Å². The molecular weight excluding hydrogens is 275 g/mol. The number of nitrogens with zero attached hydrogens (tertiary/aromatic N) is 2. The molecule has 2 rings (SSSR count). The molecule has 0 spiro atoms. The first-order valence-corrected chi connectivity index (χ1v) is 7.25. The van der Waals surface area contributed by atoms with Crippen LogP contribution in [-0.4, -0.2) is 18.3 Å². The van der Waals surface area contributed by atoms with Gasteiger partial charge in [-0.05, 0) is 12.0 Å². The van der Waals surface area contributed by atoms with Crippen LogP contribution in [0.3, 0.4) is 0 Å². The highest BCUT2D eigenvalue weighted by Crippen LogP contribution is 2.29. The number of thiazole rings is 1. The third-order valence-electron chi connectivity index (χ3n) is 3.02. The smallest absolute Gasteiger partial charge is 0.186 e. The van der Waals surface area contributed by atoms with Gasteiger partial charge >= 0.3 is 0 Å². The highest BCUT2D eigenvalue weighted by Gasteiger charge is 2.16. The molecule has 0 aliphatic carbocycles. The van der Waals surface area contributed by atoms with E-state index >= 15 is 0 Å². The number of carbonyl (C=O) groups is 1. The summed E-state index contributed by atoms with van der Waals surface area (Å²) in [5.41, 5.74) is 1.42. The second kappa shape index (κ2) is 6.13. The van der Waals surface area contributed by atoms with E-state index in [1.165, 1.54) is 17.4 Å². The van der Waals surface area contributed by atoms with Gasteiger partial charge in [-0.15, -0.1) is 0 Å². The Balaban J connectivity index is 2.23. The number of anilines is 1. The van der Waals surface area contributed by atoms with Crippen LogP contribution in [0.1, 0.15) is 40.7 Å². The Kier molecular flexibility index (Phi) is 4.49. The lowest BCUT2D eigenvalue weighted by molar-refractivity contribution is 0.112. The molecule has 0 radical (unpaired) electrons. The van der Waals surface area contributed by atoms with Gasteiger partial charge in [-0.2, -0.15) is 0 Å². The molecule has 1 heterocycles. The van der Waals surface area contributed by atoms with Crippen LogP contribution < -0.4 is 4.90 Å². The molecule has 0 amide bonds. The molecule has 0 bridgehead atoms. The number of hydrogen-bond acceptors (Lipinski definition) is 4. The first-order valence-electron chi connectivity index (χ1n) is 6.43. The Morgan fingerprint density at radius 1 is 1.40 bits per heavy atom. The maximum absolute atomic E-state index is 13.6. The Morgan fingerprint density at radius 3 is 2.65 bits per heavy atom. The van der Waals surface area contributed by atoms with Gasteiger partial charge in [0.15, 0.2) is 11.4 Å². The summed E-state index contributed by atoms with van der Waals surface area (Å²) in [7, 11) is 1.85. The predicted molar refractivity (Wildman–Crippen MR) is 80.1 cm³/mol. The zero-order chi connectivity index (χ0) is 14.7. The van der Waals surface area contributed by atoms with Gasteiger partial charge < -0.3 is 4.90 Å². The minimum Gasteiger partial charge on any atom is -0.347 e. The molecule has 0 aliphatic rings. The Labute approximate surface area is 122 Å². The first-order chi connectivity index (χ1) is 9.52. The number of rotatable bonds is 5. The van der Waals surface area contributed by atoms with E-state index in [0.29, 0.717) is 17.0 Å². The van der Waals surface area contributed by atoms with E-state index in [9.17, 15) is 9.18 Å². The minimum absolute atomic E-state index is 0.196. The lowest BCUT2D eigenvalue weighted by Gasteiger charge is -2.16. The van der Waals surface area contributed by atoms with Crippen molar-refractivity contribution in [1.29, 1.82) is 0 Å². The van der Waals surface area contributed by atoms with Crippen LogP contribution in [0.25, 0.3) is 0 Å². The summed E-state index contributed by atoms with van der Waals surface area (Å²) in [6.45, 7) is 4.43. The second-order valence-electron chi connectivity index (χ2n) is 4.97. The van der Waals surface area contributed by atoms with Gasteiger partial charge in [-0.3, -0.25) is 4.79 Å². The van der Waals surface area contributed by atoms with Gasteiger partial charge in [0.05, 0.1) is 10.6 Å². The standard InChI is InChI=1S/C15H17FN2OS/c1-10(2)14-13(9-19)20-15(17-14)18(3)8-11-6-4-5-7-12(11)16/h4-7,9-10H,8H2,1-3H3. The summed E-state index contributed by atoms with van der Waals surface area (Å²) in [4.78, 5) is 18.1. The van der Waals surface area contributed by atoms with Crippen molar-refractivity contribution in [3.63, 3.8) is 0 Å². The number of hydrogen-bond donors (Lipinski definition) is 0. The molecule has 0 aliphatic heterocycles. The van der Waals surface area contributed by atoms with Gasteiger partial charge in [0.2, 0.25) is 0 Å². The second-order valence-corrected chi connectivity index (χ2v) is 5.98. The van der Waals surface area contributed by atoms with Crippen LogP contribution in [0.15, 0.2) is 24.3 Å². The largest absolute Gasteiger partial charge is 0.347 e. The summed E-state index contributed by atoms with van der Waals surface area (Å²) in [5.74, 6) is -0.0299. The summed E-state index contributed by atoms with van der Waals surface area (Å²) < 4.78 is 13.6. The highest BCUT2D eigenvalue weighted by atomic mass is 32.1. The molecule has 0 saturated carbocycles. The summed E-state index contributed by atoms with van der Waals surface area (Å²) in [6, 6.07) is 6.68. The van der Waals surface area contributed by atoms with Crippen molar-refractivity contribution in [2.75, 3.05) is 11.9 Å². The molecule has 0 fully saturated rings. The van der Waals surface area contributed by atoms with Crippen LogP contribution in [0.4, 0.5) is 9.52 Å². The number of aromatic nitrogens is 1. The Bertz CT molecular complexity index is 610. The van der Waals surface area contributed by atoms with Crippen molar-refractivity contribution in [3.05, 3.63) is 46.2 Å². The lowest BCUT2D eigenvalue weighted by Crippen LogP contribution is -2.17. The third kappa shape index (κ3) is 3.04. The molecule has 1 aromatic carbocycles. The average molecular weight is 292 g/mol. The van der Waals surface area contributed by atoms with Crippen molar-refractivity contribution in [2.24, 2.45) is 0 Å². The summed E-state index contributed by atoms with van der Waals surface area (Å²) in [6.07, 6.45) is 0.841. The average Bonchev–Trinajstić information content (AvgIpc) is 2.86. The molecule has 1 aromatic heterocycles. The molecule has 0 atom stereocenters. The SMILES string of the molecule is CC(C)c1nc(N(C)Cc2ccccc2F)sc1C=O. The van der Waals surface area contributed by atoms with Gasteiger partial charge in [0.25, 0.3) is 0 Å². The topological polar surface area (TPSA) is 33.2 Å². The molecule has 2 aromatic rings. The highest BCUT2D eigenvalue weighted by molar-refractivity contribution is 7.17. The van der Waals surface area contributed by atoms with Crippen LogP contribution in [-0.2, 0) is 6.54 Å². The number of halogens is 1. The molecule has 0 N–H and O–H groups in total. The van der Waals surface area contributed by atoms with E-state index < -0.39 is 0 Å². The first kappa shape index (κ1) is 14.7. The maximum atomic E-state index is 13.6. The van der Waals surface area contributed by atoms with Crippen LogP contribution in [0.5, 0.6) is 0 Å². The van der Waals surface area contributed by atoms with E-state index in [2.05, 4.69) is 4.98 Å². The molecular formula is C15H17FN2OS. The predicted octanol–water partition coefficient (Wildman–Crippen LogP) is 3.85. The van der Waals surface area contributed by atoms with E-state index in [1.807, 2.05) is 31.9 Å². The van der Waals surface area contributed by atoms with Crippen molar-refractivity contribution < 1.29 is 9.18 Å². The van der Waals surface area contributed by atoms with Crippen LogP contribution in [0.2, 0.25) is 0 Å². The van der Waals surface area contributed by atoms with Gasteiger partial charge in [-0.1, -0.05) is 43.4 Å². The van der Waals surface area contributed by atoms with E-state index in [1.54, 1.807) is 12.1 Å². The zero-order valence-electron chi connectivity index (χ0n) is 11.8. The zero-order valence-corrected chi connectivity index (χ0v) is 12.6. The molecule has 0 unspecified atom stereocenters. The number of benzene rings is 1. The molecule has 106 valence electrons. The Morgan fingerprint density at radius 2 is 2.10 bits per heavy atom. The van der Waals surface area contributed by atoms with Crippen molar-refractivity contribution in [2.45, 2.75) is 26.3 Å². The van der Waals surface area contributed by atoms with E-state index in [-0.39, 0.29) is 11.7 Å². The lowest BCUT2D eigenvalue weighted by atomic mass is 10.1. The van der Waals surface area contributed by atoms with Crippen LogP contribution >= 0.6 is 11.3 Å². The van der Waals surface area contributed by atoms with Crippen molar-refractivity contribution in [3.8, 4) is 0 Å². The van der Waals surface area contributed by atoms with Gasteiger partial charge in [0, 0.05) is 19.2 Å². The monoisotopic (exact) mass is 292 g/mol. The van der Waals surface area contributed by atoms with Gasteiger partial charge in [0.1, 0.15) is 5.82 Å². The van der Waals surface area contributed by atoms with Gasteiger partial charge in [-0.25, -0.2) is 9.37 Å². The maximum Gasteiger partial charge on any atom is 0.186 e. The minimum atomic E-state index is -0.226. The fraction of sp³-hybridized carbons (Fsp3) is 0.333. The van der Waals surface area contributed by atoms with Crippen molar-refractivity contribution in [1.82, 2.24) is 4.98 Å². The summed E-state index contributed by atoms with van der Waals surface area (Å²) >= 11 is 1.35. The third-order valence-corrected chi connectivity index (χ3v) is 4.13. The molecule has 3 nitrogen and oxygen atoms in total. The molecule has 5 heteroatoms. The summed E-state index contributed by atoms with van der Waals surface area (Å²) in [5, 5.41) is 0.735. The number of aldehydes is 1. The normalized spacial score (nSPS) is 10.8. The van der Waals surface area contributed by atoms with E-state index in [0.717, 1.165) is 17.1 Å². The quantitative estimate of drug-likeness (QED) is 0.785. The fourth-order valence-corrected chi connectivity index (χ4v) is 2.94. The molecule has 20 heavy (non-hydrogen) atoms. The number of carbonyl (C=O) groups excluding carboxylic acids is 1. The van der Waals surface area contributed by atoms with Crippen molar-refractivity contribution >= 4 is 22.8 Å². The molecule has 0 saturated heterocycles. The van der Waals surface area contributed by atoms with Crippen LogP contribution in [0, 0.1) is 5.82 Å².